The van der Waals surface area contributed by atoms with Gasteiger partial charge in [0.1, 0.15) is 6.33 Å². The van der Waals surface area contributed by atoms with Crippen LogP contribution in [0.2, 0.25) is 0 Å². The number of aromatic amines is 1. The average molecular weight is 478 g/mol. The monoisotopic (exact) mass is 477 g/mol. The molecule has 0 spiro atoms. The van der Waals surface area contributed by atoms with Crippen LogP contribution >= 0.6 is 28.1 Å². The van der Waals surface area contributed by atoms with Crippen LogP contribution in [0.5, 0.6) is 11.5 Å². The Labute approximate surface area is 181 Å². The van der Waals surface area contributed by atoms with Crippen LogP contribution in [0.1, 0.15) is 11.1 Å². The Morgan fingerprint density at radius 2 is 2.03 bits per heavy atom. The van der Waals surface area contributed by atoms with Gasteiger partial charge in [-0.15, -0.1) is 0 Å². The molecule has 0 fully saturated rings. The number of rotatable bonds is 8. The molecule has 1 amide bonds. The second-order valence-electron chi connectivity index (χ2n) is 6.13. The summed E-state index contributed by atoms with van der Waals surface area (Å²) in [5.41, 5.74) is 5.73. The molecule has 152 valence electrons. The molecule has 10 heteroatoms. The molecule has 0 aliphatic rings. The van der Waals surface area contributed by atoms with E-state index in [1.54, 1.807) is 17.9 Å². The van der Waals surface area contributed by atoms with Crippen LogP contribution in [0.3, 0.4) is 0 Å². The Morgan fingerprint density at radius 1 is 1.28 bits per heavy atom. The van der Waals surface area contributed by atoms with Gasteiger partial charge in [0, 0.05) is 15.7 Å². The number of amides is 1. The fourth-order valence-electron chi connectivity index (χ4n) is 2.56. The number of hydrogen-bond acceptors (Lipinski definition) is 6. The highest BCUT2D eigenvalue weighted by Crippen LogP contribution is 2.36. The number of halogens is 1. The lowest BCUT2D eigenvalue weighted by Gasteiger charge is -2.17. The van der Waals surface area contributed by atoms with Crippen molar-refractivity contribution >= 4 is 39.7 Å². The smallest absolute Gasteiger partial charge is 0.262 e. The molecule has 1 heterocycles. The minimum atomic E-state index is -0.271. The lowest BCUT2D eigenvalue weighted by molar-refractivity contribution is -0.118. The van der Waals surface area contributed by atoms with Crippen molar-refractivity contribution in [1.82, 2.24) is 14.9 Å². The first-order chi connectivity index (χ1) is 14.0. The van der Waals surface area contributed by atoms with Crippen molar-refractivity contribution in [2.75, 3.05) is 24.5 Å². The molecule has 3 rings (SSSR count). The predicted molar refractivity (Wildman–Crippen MR) is 116 cm³/mol. The van der Waals surface area contributed by atoms with E-state index in [2.05, 4.69) is 36.9 Å². The second-order valence-corrected chi connectivity index (χ2v) is 7.37. The zero-order valence-corrected chi connectivity index (χ0v) is 18.3. The molecule has 0 aliphatic carbocycles. The normalized spacial score (nSPS) is 10.4. The van der Waals surface area contributed by atoms with Crippen LogP contribution in [0, 0.1) is 11.7 Å². The van der Waals surface area contributed by atoms with Gasteiger partial charge in [0.2, 0.25) is 4.77 Å². The molecule has 0 atom stereocenters. The van der Waals surface area contributed by atoms with Crippen LogP contribution in [-0.4, -0.2) is 34.5 Å². The number of nitrogens with one attached hydrogen (secondary N) is 3. The maximum absolute atomic E-state index is 12.3. The second kappa shape index (κ2) is 9.57. The van der Waals surface area contributed by atoms with Crippen molar-refractivity contribution in [3.63, 3.8) is 0 Å². The molecule has 3 N–H and O–H groups in total. The summed E-state index contributed by atoms with van der Waals surface area (Å²) in [4.78, 5) is 12.3. The summed E-state index contributed by atoms with van der Waals surface area (Å²) in [5, 5.41) is 9.35. The fraction of sp³-hybridized carbons (Fsp3) is 0.211. The van der Waals surface area contributed by atoms with Gasteiger partial charge < -0.3 is 20.2 Å². The number of H-pyrrole nitrogens is 1. The number of ether oxygens (including phenoxy) is 2. The molecule has 0 radical (unpaired) electrons. The quantitative estimate of drug-likeness (QED) is 0.427. The van der Waals surface area contributed by atoms with E-state index in [1.165, 1.54) is 6.33 Å². The Morgan fingerprint density at radius 3 is 2.69 bits per heavy atom. The Hall–Kier alpha value is -2.85. The number of benzene rings is 2. The van der Waals surface area contributed by atoms with E-state index in [0.717, 1.165) is 15.6 Å². The summed E-state index contributed by atoms with van der Waals surface area (Å²) in [5.74, 6) is 0.708. The average Bonchev–Trinajstić information content (AvgIpc) is 3.12. The van der Waals surface area contributed by atoms with Gasteiger partial charge in [0.15, 0.2) is 18.1 Å². The maximum atomic E-state index is 12.3. The molecular formula is C19H20BrN5O3S. The topological polar surface area (TPSA) is 93.2 Å². The number of anilines is 1. The summed E-state index contributed by atoms with van der Waals surface area (Å²) in [6.45, 7) is 2.18. The summed E-state index contributed by atoms with van der Waals surface area (Å²) in [7, 11) is 1.55. The van der Waals surface area contributed by atoms with Crippen molar-refractivity contribution in [2.45, 2.75) is 13.5 Å². The van der Waals surface area contributed by atoms with Crippen molar-refractivity contribution in [3.05, 3.63) is 63.1 Å². The number of carbonyl (C=O) groups is 1. The molecule has 0 saturated heterocycles. The largest absolute Gasteiger partial charge is 0.493 e. The van der Waals surface area contributed by atoms with Crippen LogP contribution in [0.25, 0.3) is 0 Å². The molecule has 0 bridgehead atoms. The van der Waals surface area contributed by atoms with Gasteiger partial charge in [-0.2, -0.15) is 5.10 Å². The van der Waals surface area contributed by atoms with Crippen molar-refractivity contribution in [2.24, 2.45) is 0 Å². The highest BCUT2D eigenvalue weighted by molar-refractivity contribution is 9.10. The fourth-order valence-corrected chi connectivity index (χ4v) is 3.18. The minimum Gasteiger partial charge on any atom is -0.493 e. The van der Waals surface area contributed by atoms with Crippen LogP contribution in [-0.2, 0) is 11.3 Å². The zero-order valence-electron chi connectivity index (χ0n) is 15.9. The first kappa shape index (κ1) is 20.9. The summed E-state index contributed by atoms with van der Waals surface area (Å²) in [6.07, 6.45) is 1.53. The Kier molecular flexibility index (Phi) is 6.89. The number of aryl methyl sites for hydroxylation is 1. The first-order valence-electron chi connectivity index (χ1n) is 8.68. The van der Waals surface area contributed by atoms with Crippen LogP contribution in [0.4, 0.5) is 5.69 Å². The third-order valence-electron chi connectivity index (χ3n) is 4.05. The predicted octanol–water partition coefficient (Wildman–Crippen LogP) is 3.78. The SMILES string of the molecule is COc1ccc(Br)c(CNn2cn[nH]c2=S)c1OCC(=O)Nc1ccc(C)cc1. The number of carbonyl (C=O) groups excluding carboxylic acids is 1. The van der Waals surface area contributed by atoms with E-state index >= 15 is 0 Å². The molecule has 0 saturated carbocycles. The van der Waals surface area contributed by atoms with E-state index in [0.29, 0.717) is 28.5 Å². The van der Waals surface area contributed by atoms with Crippen LogP contribution in [0.15, 0.2) is 47.2 Å². The third kappa shape index (κ3) is 5.36. The first-order valence-corrected chi connectivity index (χ1v) is 9.88. The summed E-state index contributed by atoms with van der Waals surface area (Å²) >= 11 is 8.66. The van der Waals surface area contributed by atoms with Gasteiger partial charge in [0.25, 0.3) is 5.91 Å². The molecule has 2 aromatic carbocycles. The van der Waals surface area contributed by atoms with Gasteiger partial charge in [-0.1, -0.05) is 33.6 Å². The Bertz CT molecular complexity index is 1050. The molecule has 29 heavy (non-hydrogen) atoms. The van der Waals surface area contributed by atoms with Gasteiger partial charge >= 0.3 is 0 Å². The molecular weight excluding hydrogens is 458 g/mol. The van der Waals surface area contributed by atoms with Crippen molar-refractivity contribution in [1.29, 1.82) is 0 Å². The van der Waals surface area contributed by atoms with Crippen molar-refractivity contribution < 1.29 is 14.3 Å². The molecule has 0 unspecified atom stereocenters. The maximum Gasteiger partial charge on any atom is 0.262 e. The number of methoxy groups -OCH3 is 1. The van der Waals surface area contributed by atoms with E-state index in [9.17, 15) is 4.79 Å². The standard InChI is InChI=1S/C19H20BrN5O3S/c1-12-3-5-13(6-4-12)23-17(26)10-28-18-14(15(20)7-8-16(18)27-2)9-22-25-11-21-24-19(25)29/h3-8,11,22H,9-10H2,1-2H3,(H,23,26)(H,24,29). The Balaban J connectivity index is 1.73. The van der Waals surface area contributed by atoms with E-state index in [1.807, 2.05) is 37.3 Å². The number of nitrogens with zero attached hydrogens (tertiary/aromatic N) is 2. The summed E-state index contributed by atoms with van der Waals surface area (Å²) in [6, 6.07) is 11.2. The van der Waals surface area contributed by atoms with Gasteiger partial charge in [-0.05, 0) is 43.4 Å². The lowest BCUT2D eigenvalue weighted by atomic mass is 10.2. The molecule has 0 aliphatic heterocycles. The van der Waals surface area contributed by atoms with E-state index in [4.69, 9.17) is 21.7 Å². The number of hydrogen-bond donors (Lipinski definition) is 3. The van der Waals surface area contributed by atoms with Gasteiger partial charge in [-0.25, -0.2) is 4.68 Å². The summed E-state index contributed by atoms with van der Waals surface area (Å²) < 4.78 is 14.1. The molecule has 8 nitrogen and oxygen atoms in total. The lowest BCUT2D eigenvalue weighted by Crippen LogP contribution is -2.21. The van der Waals surface area contributed by atoms with E-state index < -0.39 is 0 Å². The highest BCUT2D eigenvalue weighted by atomic mass is 79.9. The minimum absolute atomic E-state index is 0.168. The van der Waals surface area contributed by atoms with Gasteiger partial charge in [0.05, 0.1) is 13.7 Å². The third-order valence-corrected chi connectivity index (χ3v) is 5.08. The van der Waals surface area contributed by atoms with Crippen LogP contribution < -0.4 is 20.2 Å². The molecule has 3 aromatic rings. The number of aromatic nitrogens is 3. The molecule has 1 aromatic heterocycles. The van der Waals surface area contributed by atoms with E-state index in [-0.39, 0.29) is 12.5 Å². The van der Waals surface area contributed by atoms with Gasteiger partial charge in [-0.3, -0.25) is 9.89 Å². The zero-order chi connectivity index (χ0) is 20.8. The van der Waals surface area contributed by atoms with Crippen molar-refractivity contribution in [3.8, 4) is 11.5 Å². The highest BCUT2D eigenvalue weighted by Gasteiger charge is 2.16.